The van der Waals surface area contributed by atoms with E-state index in [0.717, 1.165) is 50.0 Å². The number of hydrogen-bond acceptors (Lipinski definition) is 3. The number of nitrogens with zero attached hydrogens (tertiary/aromatic N) is 2. The maximum absolute atomic E-state index is 5.90. The van der Waals surface area contributed by atoms with Crippen LogP contribution in [0.5, 0.6) is 0 Å². The molecule has 1 aliphatic heterocycles. The number of rotatable bonds is 6. The average molecular weight is 370 g/mol. The Labute approximate surface area is 141 Å². The number of halogens is 1. The van der Waals surface area contributed by atoms with Crippen molar-refractivity contribution < 1.29 is 0 Å². The van der Waals surface area contributed by atoms with E-state index < -0.39 is 0 Å². The zero-order valence-corrected chi connectivity index (χ0v) is 15.0. The summed E-state index contributed by atoms with van der Waals surface area (Å²) in [6.45, 7) is 7.48. The molecule has 2 rings (SSSR count). The summed E-state index contributed by atoms with van der Waals surface area (Å²) in [6, 6.07) is 8.86. The van der Waals surface area contributed by atoms with Crippen LogP contribution in [0.3, 0.4) is 0 Å². The van der Waals surface area contributed by atoms with Crippen molar-refractivity contribution in [3.05, 3.63) is 34.3 Å². The molecule has 0 amide bonds. The standard InChI is InChI=1S/C16H24BrN3S/c1-2-3-15(16(18)21)20-10-8-19(9-11-20)12-13-4-6-14(17)7-5-13/h4-7,15H,2-3,8-12H2,1H3,(H2,18,21). The lowest BCUT2D eigenvalue weighted by Gasteiger charge is -2.39. The lowest BCUT2D eigenvalue weighted by molar-refractivity contribution is 0.110. The first kappa shape index (κ1) is 16.9. The molecule has 1 heterocycles. The molecule has 1 unspecified atom stereocenters. The molecule has 0 radical (unpaired) electrons. The van der Waals surface area contributed by atoms with Crippen LogP contribution < -0.4 is 5.73 Å². The molecule has 1 aromatic rings. The number of nitrogens with two attached hydrogens (primary N) is 1. The molecule has 0 aromatic heterocycles. The number of piperazine rings is 1. The molecular formula is C16H24BrN3S. The van der Waals surface area contributed by atoms with Gasteiger partial charge < -0.3 is 5.73 Å². The fourth-order valence-corrected chi connectivity index (χ4v) is 3.39. The van der Waals surface area contributed by atoms with Crippen molar-refractivity contribution in [1.82, 2.24) is 9.80 Å². The van der Waals surface area contributed by atoms with E-state index in [1.54, 1.807) is 0 Å². The van der Waals surface area contributed by atoms with Crippen molar-refractivity contribution in [2.45, 2.75) is 32.4 Å². The van der Waals surface area contributed by atoms with Crippen molar-refractivity contribution >= 4 is 33.1 Å². The number of hydrogen-bond donors (Lipinski definition) is 1. The molecule has 3 nitrogen and oxygen atoms in total. The van der Waals surface area contributed by atoms with Crippen LogP contribution in [0.1, 0.15) is 25.3 Å². The Kier molecular flexibility index (Phi) is 6.61. The summed E-state index contributed by atoms with van der Waals surface area (Å²) in [6.07, 6.45) is 2.20. The first-order chi connectivity index (χ1) is 10.1. The average Bonchev–Trinajstić information content (AvgIpc) is 2.48. The molecule has 1 aliphatic rings. The lowest BCUT2D eigenvalue weighted by Crippen LogP contribution is -2.53. The molecular weight excluding hydrogens is 346 g/mol. The first-order valence-electron chi connectivity index (χ1n) is 7.60. The molecule has 1 aromatic carbocycles. The molecule has 1 saturated heterocycles. The third kappa shape index (κ3) is 5.02. The van der Waals surface area contributed by atoms with E-state index in [-0.39, 0.29) is 6.04 Å². The fraction of sp³-hybridized carbons (Fsp3) is 0.562. The van der Waals surface area contributed by atoms with E-state index in [2.05, 4.69) is 56.9 Å². The van der Waals surface area contributed by atoms with Crippen molar-refractivity contribution in [1.29, 1.82) is 0 Å². The Hall–Kier alpha value is -0.490. The van der Waals surface area contributed by atoms with Gasteiger partial charge >= 0.3 is 0 Å². The van der Waals surface area contributed by atoms with Gasteiger partial charge in [0.05, 0.1) is 11.0 Å². The highest BCUT2D eigenvalue weighted by atomic mass is 79.9. The highest BCUT2D eigenvalue weighted by Crippen LogP contribution is 2.15. The van der Waals surface area contributed by atoms with Crippen LogP contribution in [-0.4, -0.2) is 47.0 Å². The lowest BCUT2D eigenvalue weighted by atomic mass is 10.1. The molecule has 1 fully saturated rings. The van der Waals surface area contributed by atoms with Gasteiger partial charge in [-0.15, -0.1) is 0 Å². The van der Waals surface area contributed by atoms with Gasteiger partial charge in [-0.2, -0.15) is 0 Å². The van der Waals surface area contributed by atoms with Gasteiger partial charge in [0.25, 0.3) is 0 Å². The Balaban J connectivity index is 1.85. The predicted octanol–water partition coefficient (Wildman–Crippen LogP) is 3.02. The van der Waals surface area contributed by atoms with Crippen LogP contribution in [0.15, 0.2) is 28.7 Å². The Morgan fingerprint density at radius 3 is 2.38 bits per heavy atom. The normalized spacial score (nSPS) is 18.6. The van der Waals surface area contributed by atoms with E-state index in [9.17, 15) is 0 Å². The first-order valence-corrected chi connectivity index (χ1v) is 8.80. The maximum Gasteiger partial charge on any atom is 0.0902 e. The van der Waals surface area contributed by atoms with Crippen LogP contribution in [-0.2, 0) is 6.54 Å². The second-order valence-electron chi connectivity index (χ2n) is 5.65. The molecule has 116 valence electrons. The summed E-state index contributed by atoms with van der Waals surface area (Å²) < 4.78 is 1.13. The molecule has 1 atom stereocenters. The molecule has 0 bridgehead atoms. The van der Waals surface area contributed by atoms with Gasteiger partial charge in [0, 0.05) is 37.2 Å². The molecule has 0 aliphatic carbocycles. The molecule has 0 saturated carbocycles. The topological polar surface area (TPSA) is 32.5 Å². The minimum atomic E-state index is 0.278. The van der Waals surface area contributed by atoms with Crippen LogP contribution in [0.2, 0.25) is 0 Å². The van der Waals surface area contributed by atoms with E-state index in [1.165, 1.54) is 5.56 Å². The summed E-state index contributed by atoms with van der Waals surface area (Å²) in [4.78, 5) is 5.60. The van der Waals surface area contributed by atoms with E-state index >= 15 is 0 Å². The Morgan fingerprint density at radius 1 is 1.24 bits per heavy atom. The number of thiocarbonyl (C=S) groups is 1. The van der Waals surface area contributed by atoms with Crippen LogP contribution in [0.4, 0.5) is 0 Å². The third-order valence-corrected chi connectivity index (χ3v) is 4.86. The van der Waals surface area contributed by atoms with Crippen molar-refractivity contribution in [2.24, 2.45) is 5.73 Å². The van der Waals surface area contributed by atoms with Crippen LogP contribution >= 0.6 is 28.1 Å². The van der Waals surface area contributed by atoms with Gasteiger partial charge in [-0.1, -0.05) is 53.6 Å². The molecule has 21 heavy (non-hydrogen) atoms. The Morgan fingerprint density at radius 2 is 1.86 bits per heavy atom. The van der Waals surface area contributed by atoms with Crippen LogP contribution in [0.25, 0.3) is 0 Å². The van der Waals surface area contributed by atoms with E-state index in [4.69, 9.17) is 18.0 Å². The SMILES string of the molecule is CCCC(C(N)=S)N1CCN(Cc2ccc(Br)cc2)CC1. The largest absolute Gasteiger partial charge is 0.392 e. The van der Waals surface area contributed by atoms with E-state index in [1.807, 2.05) is 0 Å². The summed E-state index contributed by atoms with van der Waals surface area (Å²) in [5.74, 6) is 0. The van der Waals surface area contributed by atoms with Gasteiger partial charge in [-0.25, -0.2) is 0 Å². The summed E-state index contributed by atoms with van der Waals surface area (Å²) in [5.41, 5.74) is 7.26. The Bertz CT molecular complexity index is 455. The van der Waals surface area contributed by atoms with Gasteiger partial charge in [0.15, 0.2) is 0 Å². The van der Waals surface area contributed by atoms with Gasteiger partial charge in [-0.05, 0) is 24.1 Å². The second kappa shape index (κ2) is 8.22. The minimum absolute atomic E-state index is 0.278. The zero-order chi connectivity index (χ0) is 15.2. The molecule has 5 heteroatoms. The highest BCUT2D eigenvalue weighted by molar-refractivity contribution is 9.10. The van der Waals surface area contributed by atoms with Gasteiger partial charge in [0.1, 0.15) is 0 Å². The van der Waals surface area contributed by atoms with Crippen LogP contribution in [0, 0.1) is 0 Å². The third-order valence-electron chi connectivity index (χ3n) is 4.06. The van der Waals surface area contributed by atoms with Gasteiger partial charge in [0.2, 0.25) is 0 Å². The fourth-order valence-electron chi connectivity index (χ4n) is 2.86. The van der Waals surface area contributed by atoms with Crippen molar-refractivity contribution in [2.75, 3.05) is 26.2 Å². The quantitative estimate of drug-likeness (QED) is 0.781. The van der Waals surface area contributed by atoms with E-state index in [0.29, 0.717) is 4.99 Å². The predicted molar refractivity (Wildman–Crippen MR) is 96.5 cm³/mol. The summed E-state index contributed by atoms with van der Waals surface area (Å²) in [5, 5.41) is 0. The minimum Gasteiger partial charge on any atom is -0.392 e. The number of benzene rings is 1. The summed E-state index contributed by atoms with van der Waals surface area (Å²) >= 11 is 8.71. The molecule has 2 N–H and O–H groups in total. The van der Waals surface area contributed by atoms with Crippen molar-refractivity contribution in [3.63, 3.8) is 0 Å². The smallest absolute Gasteiger partial charge is 0.0902 e. The summed E-state index contributed by atoms with van der Waals surface area (Å²) in [7, 11) is 0. The zero-order valence-electron chi connectivity index (χ0n) is 12.6. The highest BCUT2D eigenvalue weighted by Gasteiger charge is 2.24. The molecule has 0 spiro atoms. The maximum atomic E-state index is 5.90. The second-order valence-corrected chi connectivity index (χ2v) is 7.03. The monoisotopic (exact) mass is 369 g/mol. The van der Waals surface area contributed by atoms with Crippen molar-refractivity contribution in [3.8, 4) is 0 Å². The van der Waals surface area contributed by atoms with Gasteiger partial charge in [-0.3, -0.25) is 9.80 Å².